The molecular weight excluding hydrogens is 411 g/mol. The fraction of sp³-hybridized carbons (Fsp3) is 0.533. The Morgan fingerprint density at radius 3 is 2.48 bits per heavy atom. The number of halogens is 1. The monoisotopic (exact) mass is 438 g/mol. The fourth-order valence-corrected chi connectivity index (χ4v) is 1.80. The first-order chi connectivity index (χ1) is 10.6. The Morgan fingerprint density at radius 1 is 1.17 bits per heavy atom. The molecule has 1 rings (SSSR count). The van der Waals surface area contributed by atoms with E-state index in [9.17, 15) is 0 Å². The van der Waals surface area contributed by atoms with Crippen LogP contribution in [0.5, 0.6) is 11.5 Å². The maximum atomic E-state index is 5.88. The predicted octanol–water partition coefficient (Wildman–Crippen LogP) is 1.63. The standard InChI is InChI=1S/C15H26N4O3.HI/c1-19(9-10-20-2)8-7-17-15(16)18-12-5-6-13(21-3)14(11-12)22-4;/h5-6,11H,7-10H2,1-4H3,(H3,16,17,18);1H. The zero-order chi connectivity index (χ0) is 16.4. The lowest BCUT2D eigenvalue weighted by molar-refractivity contribution is 0.163. The van der Waals surface area contributed by atoms with Crippen molar-refractivity contribution in [1.82, 2.24) is 4.90 Å². The minimum Gasteiger partial charge on any atom is -0.493 e. The van der Waals surface area contributed by atoms with E-state index in [0.29, 0.717) is 30.6 Å². The largest absolute Gasteiger partial charge is 0.493 e. The van der Waals surface area contributed by atoms with Gasteiger partial charge in [0.1, 0.15) is 0 Å². The molecule has 0 spiro atoms. The van der Waals surface area contributed by atoms with E-state index in [1.54, 1.807) is 21.3 Å². The van der Waals surface area contributed by atoms with Crippen molar-refractivity contribution in [2.45, 2.75) is 0 Å². The zero-order valence-corrected chi connectivity index (χ0v) is 16.5. The summed E-state index contributed by atoms with van der Waals surface area (Å²) in [4.78, 5) is 6.43. The van der Waals surface area contributed by atoms with Crippen molar-refractivity contribution >= 4 is 35.6 Å². The molecule has 0 aliphatic carbocycles. The van der Waals surface area contributed by atoms with Crippen molar-refractivity contribution in [2.75, 3.05) is 59.9 Å². The summed E-state index contributed by atoms with van der Waals surface area (Å²) in [6.07, 6.45) is 0. The second-order valence-corrected chi connectivity index (χ2v) is 4.76. The maximum Gasteiger partial charge on any atom is 0.193 e. The lowest BCUT2D eigenvalue weighted by atomic mass is 10.3. The van der Waals surface area contributed by atoms with Gasteiger partial charge in [0.25, 0.3) is 0 Å². The van der Waals surface area contributed by atoms with Gasteiger partial charge >= 0.3 is 0 Å². The first-order valence-corrected chi connectivity index (χ1v) is 7.07. The van der Waals surface area contributed by atoms with Gasteiger partial charge in [-0.05, 0) is 19.2 Å². The lowest BCUT2D eigenvalue weighted by Crippen LogP contribution is -2.28. The normalized spacial score (nSPS) is 11.1. The number of nitrogens with zero attached hydrogens (tertiary/aromatic N) is 2. The highest BCUT2D eigenvalue weighted by molar-refractivity contribution is 14.0. The van der Waals surface area contributed by atoms with E-state index in [4.69, 9.17) is 19.9 Å². The number of guanidine groups is 1. The maximum absolute atomic E-state index is 5.88. The van der Waals surface area contributed by atoms with Crippen LogP contribution in [-0.4, -0.2) is 65.5 Å². The molecule has 7 nitrogen and oxygen atoms in total. The number of hydrogen-bond acceptors (Lipinski definition) is 5. The van der Waals surface area contributed by atoms with Crippen LogP contribution in [0.4, 0.5) is 5.69 Å². The summed E-state index contributed by atoms with van der Waals surface area (Å²) in [5.41, 5.74) is 6.68. The molecule has 0 saturated carbocycles. The molecule has 0 radical (unpaired) electrons. The van der Waals surface area contributed by atoms with Gasteiger partial charge in [-0.3, -0.25) is 4.99 Å². The molecule has 0 unspecified atom stereocenters. The highest BCUT2D eigenvalue weighted by atomic mass is 127. The Bertz CT molecular complexity index is 486. The summed E-state index contributed by atoms with van der Waals surface area (Å²) >= 11 is 0. The Labute approximate surface area is 155 Å². The van der Waals surface area contributed by atoms with Crippen LogP contribution in [0.2, 0.25) is 0 Å². The Morgan fingerprint density at radius 2 is 1.87 bits per heavy atom. The SMILES string of the molecule is COCCN(C)CCN=C(N)Nc1ccc(OC)c(OC)c1.I. The van der Waals surface area contributed by atoms with Gasteiger partial charge in [-0.1, -0.05) is 0 Å². The molecule has 0 aromatic heterocycles. The average Bonchev–Trinajstić information content (AvgIpc) is 2.52. The third kappa shape index (κ3) is 8.24. The van der Waals surface area contributed by atoms with Crippen LogP contribution >= 0.6 is 24.0 Å². The number of rotatable bonds is 9. The second kappa shape index (κ2) is 12.2. The van der Waals surface area contributed by atoms with Crippen LogP contribution in [0.1, 0.15) is 0 Å². The third-order valence-electron chi connectivity index (χ3n) is 3.10. The number of likely N-dealkylation sites (N-methyl/N-ethyl adjacent to an activating group) is 1. The van der Waals surface area contributed by atoms with E-state index in [0.717, 1.165) is 18.8 Å². The molecule has 8 heteroatoms. The van der Waals surface area contributed by atoms with Gasteiger partial charge in [-0.25, -0.2) is 0 Å². The van der Waals surface area contributed by atoms with Gasteiger partial charge in [0, 0.05) is 32.0 Å². The Kier molecular flexibility index (Phi) is 11.5. The molecular formula is C15H27IN4O3. The lowest BCUT2D eigenvalue weighted by Gasteiger charge is -2.14. The van der Waals surface area contributed by atoms with Crippen molar-refractivity contribution in [3.8, 4) is 11.5 Å². The molecule has 132 valence electrons. The van der Waals surface area contributed by atoms with Crippen molar-refractivity contribution in [3.63, 3.8) is 0 Å². The van der Waals surface area contributed by atoms with Crippen molar-refractivity contribution < 1.29 is 14.2 Å². The summed E-state index contributed by atoms with van der Waals surface area (Å²) in [6.45, 7) is 3.01. The number of ether oxygens (including phenoxy) is 3. The molecule has 23 heavy (non-hydrogen) atoms. The van der Waals surface area contributed by atoms with E-state index in [1.807, 2.05) is 25.2 Å². The number of methoxy groups -OCH3 is 3. The van der Waals surface area contributed by atoms with E-state index < -0.39 is 0 Å². The fourth-order valence-electron chi connectivity index (χ4n) is 1.80. The van der Waals surface area contributed by atoms with Gasteiger partial charge in [-0.15, -0.1) is 24.0 Å². The molecule has 0 saturated heterocycles. The van der Waals surface area contributed by atoms with Crippen LogP contribution in [0.3, 0.4) is 0 Å². The quantitative estimate of drug-likeness (QED) is 0.347. The Balaban J connectivity index is 0.00000484. The van der Waals surface area contributed by atoms with Crippen molar-refractivity contribution in [1.29, 1.82) is 0 Å². The molecule has 0 aliphatic rings. The van der Waals surface area contributed by atoms with Crippen LogP contribution < -0.4 is 20.5 Å². The molecule has 0 bridgehead atoms. The van der Waals surface area contributed by atoms with Gasteiger partial charge < -0.3 is 30.2 Å². The van der Waals surface area contributed by atoms with Gasteiger partial charge in [0.05, 0.1) is 27.4 Å². The summed E-state index contributed by atoms with van der Waals surface area (Å²) in [6, 6.07) is 5.48. The van der Waals surface area contributed by atoms with Crippen molar-refractivity contribution in [3.05, 3.63) is 18.2 Å². The summed E-state index contributed by atoms with van der Waals surface area (Å²) < 4.78 is 15.5. The predicted molar refractivity (Wildman–Crippen MR) is 104 cm³/mol. The number of nitrogens with two attached hydrogens (primary N) is 1. The highest BCUT2D eigenvalue weighted by Crippen LogP contribution is 2.29. The zero-order valence-electron chi connectivity index (χ0n) is 14.2. The van der Waals surface area contributed by atoms with Crippen LogP contribution in [0, 0.1) is 0 Å². The second-order valence-electron chi connectivity index (χ2n) is 4.76. The van der Waals surface area contributed by atoms with E-state index >= 15 is 0 Å². The van der Waals surface area contributed by atoms with Gasteiger partial charge in [0.15, 0.2) is 17.5 Å². The summed E-state index contributed by atoms with van der Waals surface area (Å²) in [5.74, 6) is 1.68. The molecule has 1 aromatic rings. The topological polar surface area (TPSA) is 81.3 Å². The van der Waals surface area contributed by atoms with Crippen molar-refractivity contribution in [2.24, 2.45) is 10.7 Å². The number of anilines is 1. The van der Waals surface area contributed by atoms with E-state index in [2.05, 4.69) is 15.2 Å². The van der Waals surface area contributed by atoms with Gasteiger partial charge in [0.2, 0.25) is 0 Å². The minimum absolute atomic E-state index is 0. The summed E-state index contributed by atoms with van der Waals surface area (Å²) in [7, 11) is 6.90. The Hall–Kier alpha value is -1.26. The molecule has 1 aromatic carbocycles. The number of benzene rings is 1. The third-order valence-corrected chi connectivity index (χ3v) is 3.10. The summed E-state index contributed by atoms with van der Waals surface area (Å²) in [5, 5.41) is 3.03. The highest BCUT2D eigenvalue weighted by Gasteiger charge is 2.05. The van der Waals surface area contributed by atoms with Gasteiger partial charge in [-0.2, -0.15) is 0 Å². The molecule has 0 heterocycles. The molecule has 0 amide bonds. The molecule has 3 N–H and O–H groups in total. The average molecular weight is 438 g/mol. The minimum atomic E-state index is 0. The van der Waals surface area contributed by atoms with Crippen LogP contribution in [-0.2, 0) is 4.74 Å². The first kappa shape index (κ1) is 21.7. The molecule has 0 atom stereocenters. The number of aliphatic imine (C=N–C) groups is 1. The molecule has 0 fully saturated rings. The van der Waals surface area contributed by atoms with E-state index in [1.165, 1.54) is 0 Å². The van der Waals surface area contributed by atoms with E-state index in [-0.39, 0.29) is 24.0 Å². The van der Waals surface area contributed by atoms with Crippen LogP contribution in [0.25, 0.3) is 0 Å². The number of hydrogen-bond donors (Lipinski definition) is 2. The smallest absolute Gasteiger partial charge is 0.193 e. The first-order valence-electron chi connectivity index (χ1n) is 7.07. The molecule has 0 aliphatic heterocycles. The number of nitrogens with one attached hydrogen (secondary N) is 1. The van der Waals surface area contributed by atoms with Crippen LogP contribution in [0.15, 0.2) is 23.2 Å².